The predicted molar refractivity (Wildman–Crippen MR) is 92.2 cm³/mol. The van der Waals surface area contributed by atoms with Crippen molar-refractivity contribution in [3.63, 3.8) is 0 Å². The third-order valence-corrected chi connectivity index (χ3v) is 4.39. The van der Waals surface area contributed by atoms with Gasteiger partial charge in [-0.3, -0.25) is 9.59 Å². The number of carbonyl (C=O) groups excluding carboxylic acids is 2. The summed E-state index contributed by atoms with van der Waals surface area (Å²) in [5, 5.41) is 0. The predicted octanol–water partition coefficient (Wildman–Crippen LogP) is 3.47. The average Bonchev–Trinajstić information content (AvgIpc) is 3.00. The minimum Gasteiger partial charge on any atom is -0.468 e. The van der Waals surface area contributed by atoms with E-state index in [-0.39, 0.29) is 12.3 Å². The summed E-state index contributed by atoms with van der Waals surface area (Å²) in [5.74, 6) is -0.950. The molecule has 24 heavy (non-hydrogen) atoms. The van der Waals surface area contributed by atoms with Crippen molar-refractivity contribution in [2.75, 3.05) is 14.2 Å². The van der Waals surface area contributed by atoms with Crippen LogP contribution in [0, 0.1) is 11.3 Å². The van der Waals surface area contributed by atoms with Gasteiger partial charge in [0.25, 0.3) is 0 Å². The molecule has 0 unspecified atom stereocenters. The first kappa shape index (κ1) is 18.0. The molecular weight excluding hydrogens is 304 g/mol. The van der Waals surface area contributed by atoms with Crippen LogP contribution in [0.5, 0.6) is 0 Å². The Morgan fingerprint density at radius 1 is 1.12 bits per heavy atom. The van der Waals surface area contributed by atoms with E-state index >= 15 is 0 Å². The van der Waals surface area contributed by atoms with Gasteiger partial charge in [-0.25, -0.2) is 0 Å². The summed E-state index contributed by atoms with van der Waals surface area (Å²) in [4.78, 5) is 24.7. The molecule has 1 aromatic carbocycles. The van der Waals surface area contributed by atoms with Crippen molar-refractivity contribution in [3.8, 4) is 0 Å². The molecule has 1 aliphatic rings. The molecule has 1 aromatic rings. The Kier molecular flexibility index (Phi) is 5.60. The molecule has 0 atom stereocenters. The fourth-order valence-electron chi connectivity index (χ4n) is 3.10. The van der Waals surface area contributed by atoms with Gasteiger partial charge in [0.05, 0.1) is 14.2 Å². The molecule has 0 aliphatic heterocycles. The SMILES string of the molecule is COC(=O)C1(C(=O)OC)C=C(C(C)C)/C(=C/Cc2ccccc2)C1. The quantitative estimate of drug-likeness (QED) is 0.613. The molecule has 4 heteroatoms. The number of rotatable bonds is 5. The van der Waals surface area contributed by atoms with Crippen LogP contribution in [0.2, 0.25) is 0 Å². The largest absolute Gasteiger partial charge is 0.468 e. The first-order valence-electron chi connectivity index (χ1n) is 8.07. The Morgan fingerprint density at radius 3 is 2.21 bits per heavy atom. The van der Waals surface area contributed by atoms with E-state index in [1.54, 1.807) is 6.08 Å². The van der Waals surface area contributed by atoms with E-state index in [1.165, 1.54) is 19.8 Å². The molecule has 0 aromatic heterocycles. The number of carbonyl (C=O) groups is 2. The van der Waals surface area contributed by atoms with Crippen LogP contribution in [0.15, 0.2) is 53.6 Å². The lowest BCUT2D eigenvalue weighted by Crippen LogP contribution is -2.38. The maximum absolute atomic E-state index is 12.3. The fourth-order valence-corrected chi connectivity index (χ4v) is 3.10. The van der Waals surface area contributed by atoms with Crippen molar-refractivity contribution >= 4 is 11.9 Å². The molecule has 0 spiro atoms. The van der Waals surface area contributed by atoms with Gasteiger partial charge in [-0.2, -0.15) is 0 Å². The minimum atomic E-state index is -1.37. The maximum Gasteiger partial charge on any atom is 0.327 e. The van der Waals surface area contributed by atoms with Crippen molar-refractivity contribution in [1.82, 2.24) is 0 Å². The van der Waals surface area contributed by atoms with Crippen molar-refractivity contribution in [2.24, 2.45) is 11.3 Å². The molecule has 0 bridgehead atoms. The smallest absolute Gasteiger partial charge is 0.327 e. The van der Waals surface area contributed by atoms with Gasteiger partial charge in [0.1, 0.15) is 0 Å². The van der Waals surface area contributed by atoms with E-state index in [4.69, 9.17) is 9.47 Å². The van der Waals surface area contributed by atoms with E-state index in [0.29, 0.717) is 0 Å². The Morgan fingerprint density at radius 2 is 1.71 bits per heavy atom. The summed E-state index contributed by atoms with van der Waals surface area (Å²) in [5.41, 5.74) is 1.82. The molecule has 0 radical (unpaired) electrons. The number of esters is 2. The molecule has 0 amide bonds. The van der Waals surface area contributed by atoms with E-state index in [9.17, 15) is 9.59 Å². The van der Waals surface area contributed by atoms with Gasteiger partial charge >= 0.3 is 11.9 Å². The lowest BCUT2D eigenvalue weighted by molar-refractivity contribution is -0.164. The lowest BCUT2D eigenvalue weighted by atomic mass is 9.86. The first-order chi connectivity index (χ1) is 11.4. The van der Waals surface area contributed by atoms with E-state index in [2.05, 4.69) is 18.2 Å². The van der Waals surface area contributed by atoms with Gasteiger partial charge in [-0.15, -0.1) is 0 Å². The molecule has 1 aliphatic carbocycles. The summed E-state index contributed by atoms with van der Waals surface area (Å²) in [6, 6.07) is 10.1. The van der Waals surface area contributed by atoms with Crippen LogP contribution in [0.25, 0.3) is 0 Å². The van der Waals surface area contributed by atoms with Crippen molar-refractivity contribution in [1.29, 1.82) is 0 Å². The van der Waals surface area contributed by atoms with Crippen LogP contribution in [-0.2, 0) is 25.5 Å². The summed E-state index contributed by atoms with van der Waals surface area (Å²) in [7, 11) is 2.59. The second kappa shape index (κ2) is 7.47. The van der Waals surface area contributed by atoms with Gasteiger partial charge in [0.2, 0.25) is 0 Å². The van der Waals surface area contributed by atoms with Crippen LogP contribution in [0.4, 0.5) is 0 Å². The average molecular weight is 328 g/mol. The van der Waals surface area contributed by atoms with Gasteiger partial charge in [-0.1, -0.05) is 56.3 Å². The third-order valence-electron chi connectivity index (χ3n) is 4.39. The summed E-state index contributed by atoms with van der Waals surface area (Å²) < 4.78 is 9.78. The Bertz CT molecular complexity index is 652. The van der Waals surface area contributed by atoms with Gasteiger partial charge in [-0.05, 0) is 29.0 Å². The normalized spacial score (nSPS) is 17.7. The molecule has 4 nitrogen and oxygen atoms in total. The van der Waals surface area contributed by atoms with Crippen LogP contribution >= 0.6 is 0 Å². The topological polar surface area (TPSA) is 52.6 Å². The zero-order valence-electron chi connectivity index (χ0n) is 14.7. The van der Waals surface area contributed by atoms with Crippen LogP contribution in [-0.4, -0.2) is 26.2 Å². The zero-order valence-corrected chi connectivity index (χ0v) is 14.7. The molecular formula is C20H24O4. The number of methoxy groups -OCH3 is 2. The summed E-state index contributed by atoms with van der Waals surface area (Å²) >= 11 is 0. The second-order valence-corrected chi connectivity index (χ2v) is 6.30. The van der Waals surface area contributed by atoms with Crippen LogP contribution in [0.1, 0.15) is 25.8 Å². The monoisotopic (exact) mass is 328 g/mol. The number of ether oxygens (including phenoxy) is 2. The maximum atomic E-state index is 12.3. The van der Waals surface area contributed by atoms with Crippen LogP contribution < -0.4 is 0 Å². The highest BCUT2D eigenvalue weighted by molar-refractivity contribution is 6.04. The number of allylic oxidation sites excluding steroid dienone is 3. The fraction of sp³-hybridized carbons (Fsp3) is 0.400. The number of benzene rings is 1. The molecule has 128 valence electrons. The summed E-state index contributed by atoms with van der Waals surface area (Å²) in [6.07, 6.45) is 4.85. The van der Waals surface area contributed by atoms with Gasteiger partial charge < -0.3 is 9.47 Å². The van der Waals surface area contributed by atoms with Crippen LogP contribution in [0.3, 0.4) is 0 Å². The van der Waals surface area contributed by atoms with E-state index < -0.39 is 17.4 Å². The highest BCUT2D eigenvalue weighted by Crippen LogP contribution is 2.44. The first-order valence-corrected chi connectivity index (χ1v) is 8.07. The Hall–Kier alpha value is -2.36. The number of hydrogen-bond donors (Lipinski definition) is 0. The molecule has 0 N–H and O–H groups in total. The van der Waals surface area contributed by atoms with Crippen molar-refractivity contribution in [2.45, 2.75) is 26.7 Å². The molecule has 2 rings (SSSR count). The zero-order chi connectivity index (χ0) is 17.7. The highest BCUT2D eigenvalue weighted by Gasteiger charge is 2.51. The van der Waals surface area contributed by atoms with Crippen molar-refractivity contribution < 1.29 is 19.1 Å². The molecule has 0 fully saturated rings. The second-order valence-electron chi connectivity index (χ2n) is 6.30. The van der Waals surface area contributed by atoms with Gasteiger partial charge in [0.15, 0.2) is 5.41 Å². The standard InChI is InChI=1S/C20H24O4/c1-14(2)17-13-20(18(21)23-3,19(22)24-4)12-16(17)11-10-15-8-6-5-7-9-15/h5-9,11,13-14H,10,12H2,1-4H3/b16-11+. The third kappa shape index (κ3) is 3.42. The van der Waals surface area contributed by atoms with Crippen molar-refractivity contribution in [3.05, 3.63) is 59.2 Å². The Balaban J connectivity index is 2.39. The lowest BCUT2D eigenvalue weighted by Gasteiger charge is -2.20. The molecule has 0 saturated heterocycles. The number of hydrogen-bond acceptors (Lipinski definition) is 4. The molecule has 0 saturated carbocycles. The Labute approximate surface area is 143 Å². The van der Waals surface area contributed by atoms with Gasteiger partial charge in [0, 0.05) is 6.42 Å². The minimum absolute atomic E-state index is 0.197. The summed E-state index contributed by atoms with van der Waals surface area (Å²) in [6.45, 7) is 4.10. The van der Waals surface area contributed by atoms with E-state index in [0.717, 1.165) is 17.6 Å². The molecule has 0 heterocycles. The highest BCUT2D eigenvalue weighted by atomic mass is 16.5. The van der Waals surface area contributed by atoms with E-state index in [1.807, 2.05) is 32.0 Å².